The molecule has 0 spiro atoms. The van der Waals surface area contributed by atoms with Crippen molar-refractivity contribution in [2.45, 2.75) is 51.4 Å². The van der Waals surface area contributed by atoms with E-state index in [1.54, 1.807) is 0 Å². The van der Waals surface area contributed by atoms with E-state index in [0.29, 0.717) is 6.54 Å². The Hall–Kier alpha value is -0.480. The highest BCUT2D eigenvalue weighted by Crippen LogP contribution is 2.26. The average Bonchev–Trinajstić information content (AvgIpc) is 2.19. The van der Waals surface area contributed by atoms with Crippen molar-refractivity contribution in [2.75, 3.05) is 6.54 Å². The third-order valence-electron chi connectivity index (χ3n) is 2.80. The van der Waals surface area contributed by atoms with Crippen molar-refractivity contribution in [2.24, 2.45) is 11.7 Å². The van der Waals surface area contributed by atoms with E-state index < -0.39 is 0 Å². The maximum absolute atomic E-state index is 5.35. The van der Waals surface area contributed by atoms with E-state index in [2.05, 4.69) is 11.8 Å². The van der Waals surface area contributed by atoms with Crippen LogP contribution < -0.4 is 5.73 Å². The lowest BCUT2D eigenvalue weighted by molar-refractivity contribution is 0.342. The third kappa shape index (κ3) is 4.95. The molecule has 1 rings (SSSR count). The fourth-order valence-corrected chi connectivity index (χ4v) is 2.00. The zero-order chi connectivity index (χ0) is 9.36. The second-order valence-corrected chi connectivity index (χ2v) is 3.93. The Bertz CT molecular complexity index is 169. The lowest BCUT2D eigenvalue weighted by Crippen LogP contribution is -2.05. The summed E-state index contributed by atoms with van der Waals surface area (Å²) in [4.78, 5) is 0. The van der Waals surface area contributed by atoms with Crippen molar-refractivity contribution in [3.05, 3.63) is 0 Å². The first kappa shape index (κ1) is 10.6. The standard InChI is InChI=1S/C12H21N/c13-11-7-2-1-4-8-12-9-5-3-6-10-12/h12H,3-11,13H2. The van der Waals surface area contributed by atoms with Crippen LogP contribution in [0.1, 0.15) is 51.4 Å². The van der Waals surface area contributed by atoms with Crippen LogP contribution in [0, 0.1) is 17.8 Å². The Morgan fingerprint density at radius 1 is 1.00 bits per heavy atom. The molecule has 0 bridgehead atoms. The minimum atomic E-state index is 0.705. The highest BCUT2D eigenvalue weighted by atomic mass is 14.5. The molecule has 0 unspecified atom stereocenters. The summed E-state index contributed by atoms with van der Waals surface area (Å²) >= 11 is 0. The van der Waals surface area contributed by atoms with E-state index in [1.165, 1.54) is 38.5 Å². The van der Waals surface area contributed by atoms with Gasteiger partial charge in [0.05, 0.1) is 0 Å². The highest BCUT2D eigenvalue weighted by Gasteiger charge is 2.11. The minimum absolute atomic E-state index is 0.705. The smallest absolute Gasteiger partial charge is 0.0212 e. The summed E-state index contributed by atoms with van der Waals surface area (Å²) in [5, 5.41) is 0. The lowest BCUT2D eigenvalue weighted by atomic mass is 9.86. The zero-order valence-electron chi connectivity index (χ0n) is 8.52. The van der Waals surface area contributed by atoms with E-state index >= 15 is 0 Å². The van der Waals surface area contributed by atoms with E-state index in [9.17, 15) is 0 Å². The molecule has 1 saturated carbocycles. The molecule has 0 aromatic carbocycles. The molecule has 2 N–H and O–H groups in total. The van der Waals surface area contributed by atoms with Crippen LogP contribution in [-0.2, 0) is 0 Å². The Morgan fingerprint density at radius 3 is 2.38 bits per heavy atom. The number of hydrogen-bond acceptors (Lipinski definition) is 1. The Balaban J connectivity index is 2.01. The van der Waals surface area contributed by atoms with Gasteiger partial charge in [-0.2, -0.15) is 0 Å². The third-order valence-corrected chi connectivity index (χ3v) is 2.80. The summed E-state index contributed by atoms with van der Waals surface area (Å²) in [6, 6.07) is 0. The molecule has 1 nitrogen and oxygen atoms in total. The minimum Gasteiger partial charge on any atom is -0.330 e. The number of hydrogen-bond donors (Lipinski definition) is 1. The molecule has 0 aromatic heterocycles. The molecule has 13 heavy (non-hydrogen) atoms. The van der Waals surface area contributed by atoms with E-state index in [4.69, 9.17) is 5.73 Å². The second kappa shape index (κ2) is 6.97. The van der Waals surface area contributed by atoms with Gasteiger partial charge in [-0.15, -0.1) is 11.8 Å². The summed E-state index contributed by atoms with van der Waals surface area (Å²) in [7, 11) is 0. The number of nitrogens with two attached hydrogens (primary N) is 1. The SMILES string of the molecule is NCCC#CCCC1CCCCC1. The normalized spacial score (nSPS) is 17.9. The van der Waals surface area contributed by atoms with Crippen LogP contribution in [0.4, 0.5) is 0 Å². The molecule has 1 fully saturated rings. The van der Waals surface area contributed by atoms with Crippen LogP contribution in [0.5, 0.6) is 0 Å². The lowest BCUT2D eigenvalue weighted by Gasteiger charge is -2.20. The maximum atomic E-state index is 5.35. The molecule has 74 valence electrons. The van der Waals surface area contributed by atoms with Crippen LogP contribution in [0.15, 0.2) is 0 Å². The number of rotatable bonds is 3. The van der Waals surface area contributed by atoms with Crippen LogP contribution in [0.2, 0.25) is 0 Å². The topological polar surface area (TPSA) is 26.0 Å². The summed E-state index contributed by atoms with van der Waals surface area (Å²) in [5.74, 6) is 7.28. The molecule has 0 amide bonds. The van der Waals surface area contributed by atoms with Crippen LogP contribution >= 0.6 is 0 Å². The van der Waals surface area contributed by atoms with Crippen molar-refractivity contribution in [3.8, 4) is 11.8 Å². The second-order valence-electron chi connectivity index (χ2n) is 3.93. The molecular formula is C12H21N. The van der Waals surface area contributed by atoms with Crippen molar-refractivity contribution in [3.63, 3.8) is 0 Å². The first-order valence-electron chi connectivity index (χ1n) is 5.59. The molecule has 1 heteroatoms. The van der Waals surface area contributed by atoms with Crippen LogP contribution in [0.3, 0.4) is 0 Å². The van der Waals surface area contributed by atoms with Gasteiger partial charge in [-0.3, -0.25) is 0 Å². The Kier molecular flexibility index (Phi) is 5.69. The van der Waals surface area contributed by atoms with Gasteiger partial charge in [0.1, 0.15) is 0 Å². The molecule has 0 radical (unpaired) electrons. The Morgan fingerprint density at radius 2 is 1.69 bits per heavy atom. The zero-order valence-corrected chi connectivity index (χ0v) is 8.52. The molecule has 0 aromatic rings. The quantitative estimate of drug-likeness (QED) is 0.662. The van der Waals surface area contributed by atoms with Gasteiger partial charge in [-0.25, -0.2) is 0 Å². The van der Waals surface area contributed by atoms with Gasteiger partial charge in [-0.1, -0.05) is 32.1 Å². The van der Waals surface area contributed by atoms with E-state index in [-0.39, 0.29) is 0 Å². The summed E-state index contributed by atoms with van der Waals surface area (Å²) in [6.07, 6.45) is 10.5. The summed E-state index contributed by atoms with van der Waals surface area (Å²) in [6.45, 7) is 0.705. The van der Waals surface area contributed by atoms with Gasteiger partial charge in [0, 0.05) is 19.4 Å². The fraction of sp³-hybridized carbons (Fsp3) is 0.833. The molecule has 0 atom stereocenters. The Labute approximate surface area is 82.1 Å². The van der Waals surface area contributed by atoms with Gasteiger partial charge in [0.2, 0.25) is 0 Å². The van der Waals surface area contributed by atoms with Crippen molar-refractivity contribution < 1.29 is 0 Å². The molecular weight excluding hydrogens is 158 g/mol. The molecule has 1 aliphatic rings. The largest absolute Gasteiger partial charge is 0.330 e. The predicted octanol–water partition coefficient (Wildman–Crippen LogP) is 2.70. The highest BCUT2D eigenvalue weighted by molar-refractivity contribution is 4.99. The molecule has 0 saturated heterocycles. The van der Waals surface area contributed by atoms with Gasteiger partial charge in [0.25, 0.3) is 0 Å². The van der Waals surface area contributed by atoms with Crippen molar-refractivity contribution in [1.29, 1.82) is 0 Å². The van der Waals surface area contributed by atoms with E-state index in [0.717, 1.165) is 18.8 Å². The fourth-order valence-electron chi connectivity index (χ4n) is 2.00. The molecule has 0 aliphatic heterocycles. The maximum Gasteiger partial charge on any atom is 0.0212 e. The molecule has 1 aliphatic carbocycles. The molecule has 0 heterocycles. The average molecular weight is 179 g/mol. The summed E-state index contributed by atoms with van der Waals surface area (Å²) in [5.41, 5.74) is 5.35. The van der Waals surface area contributed by atoms with Gasteiger partial charge in [-0.05, 0) is 12.3 Å². The van der Waals surface area contributed by atoms with Gasteiger partial charge in [0.15, 0.2) is 0 Å². The van der Waals surface area contributed by atoms with Gasteiger partial charge < -0.3 is 5.73 Å². The van der Waals surface area contributed by atoms with Crippen LogP contribution in [0.25, 0.3) is 0 Å². The monoisotopic (exact) mass is 179 g/mol. The van der Waals surface area contributed by atoms with E-state index in [1.807, 2.05) is 0 Å². The van der Waals surface area contributed by atoms with Crippen molar-refractivity contribution >= 4 is 0 Å². The summed E-state index contributed by atoms with van der Waals surface area (Å²) < 4.78 is 0. The van der Waals surface area contributed by atoms with Crippen LogP contribution in [-0.4, -0.2) is 6.54 Å². The first-order chi connectivity index (χ1) is 6.43. The van der Waals surface area contributed by atoms with Crippen molar-refractivity contribution in [1.82, 2.24) is 0 Å². The van der Waals surface area contributed by atoms with Gasteiger partial charge >= 0.3 is 0 Å². The first-order valence-corrected chi connectivity index (χ1v) is 5.59. The predicted molar refractivity (Wildman–Crippen MR) is 57.3 cm³/mol.